The standard InChI is InChI=1S/C16H18BrN3O4/c1-9-6-10(2)20(19-9)8-14(21)18-15(16(22)23)11-4-5-13(24-3)12(17)7-11/h4-7,15H,8H2,1-3H3,(H,18,21)(H,22,23). The minimum absolute atomic E-state index is 0.0409. The number of carboxylic acid groups (broad SMARTS) is 1. The molecule has 2 aromatic rings. The Morgan fingerprint density at radius 1 is 1.38 bits per heavy atom. The van der Waals surface area contributed by atoms with E-state index in [-0.39, 0.29) is 6.54 Å². The van der Waals surface area contributed by atoms with E-state index in [0.29, 0.717) is 15.8 Å². The van der Waals surface area contributed by atoms with Crippen molar-refractivity contribution in [2.45, 2.75) is 26.4 Å². The fourth-order valence-corrected chi connectivity index (χ4v) is 2.89. The number of ether oxygens (including phenoxy) is 1. The number of benzene rings is 1. The molecular weight excluding hydrogens is 378 g/mol. The third-order valence-electron chi connectivity index (χ3n) is 3.46. The van der Waals surface area contributed by atoms with Crippen molar-refractivity contribution in [1.29, 1.82) is 0 Å². The second kappa shape index (κ2) is 7.48. The van der Waals surface area contributed by atoms with Crippen LogP contribution in [0, 0.1) is 13.8 Å². The van der Waals surface area contributed by atoms with Crippen LogP contribution in [0.25, 0.3) is 0 Å². The van der Waals surface area contributed by atoms with E-state index in [1.165, 1.54) is 11.8 Å². The highest BCUT2D eigenvalue weighted by molar-refractivity contribution is 9.10. The second-order valence-electron chi connectivity index (χ2n) is 5.32. The number of carboxylic acids is 1. The van der Waals surface area contributed by atoms with Crippen LogP contribution < -0.4 is 10.1 Å². The average molecular weight is 396 g/mol. The van der Waals surface area contributed by atoms with Crippen LogP contribution in [-0.4, -0.2) is 33.9 Å². The molecule has 2 rings (SSSR count). The molecule has 8 heteroatoms. The largest absolute Gasteiger partial charge is 0.496 e. The van der Waals surface area contributed by atoms with Gasteiger partial charge in [0, 0.05) is 5.69 Å². The zero-order chi connectivity index (χ0) is 17.9. The molecule has 0 aliphatic heterocycles. The summed E-state index contributed by atoms with van der Waals surface area (Å²) in [5.74, 6) is -0.994. The summed E-state index contributed by atoms with van der Waals surface area (Å²) in [7, 11) is 1.52. The summed E-state index contributed by atoms with van der Waals surface area (Å²) in [6, 6.07) is 5.55. The molecule has 0 bridgehead atoms. The summed E-state index contributed by atoms with van der Waals surface area (Å²) in [4.78, 5) is 23.7. The molecule has 1 unspecified atom stereocenters. The highest BCUT2D eigenvalue weighted by Gasteiger charge is 2.23. The van der Waals surface area contributed by atoms with Gasteiger partial charge in [0.25, 0.3) is 0 Å². The summed E-state index contributed by atoms with van der Waals surface area (Å²) in [5, 5.41) is 16.2. The predicted molar refractivity (Wildman–Crippen MR) is 90.9 cm³/mol. The van der Waals surface area contributed by atoms with E-state index in [1.807, 2.05) is 19.9 Å². The molecule has 1 aromatic heterocycles. The number of hydrogen-bond donors (Lipinski definition) is 2. The van der Waals surface area contributed by atoms with Crippen LogP contribution in [0.2, 0.25) is 0 Å². The normalized spacial score (nSPS) is 11.8. The average Bonchev–Trinajstić information content (AvgIpc) is 2.82. The molecule has 0 radical (unpaired) electrons. The molecule has 0 saturated heterocycles. The summed E-state index contributed by atoms with van der Waals surface area (Å²) >= 11 is 3.31. The third-order valence-corrected chi connectivity index (χ3v) is 4.08. The van der Waals surface area contributed by atoms with Crippen LogP contribution in [0.15, 0.2) is 28.7 Å². The number of nitrogens with one attached hydrogen (secondary N) is 1. The van der Waals surface area contributed by atoms with Gasteiger partial charge >= 0.3 is 5.97 Å². The molecule has 0 aliphatic carbocycles. The summed E-state index contributed by atoms with van der Waals surface area (Å²) in [6.45, 7) is 3.62. The number of rotatable bonds is 6. The van der Waals surface area contributed by atoms with Crippen LogP contribution in [0.1, 0.15) is 23.0 Å². The first-order chi connectivity index (χ1) is 11.3. The topological polar surface area (TPSA) is 93.5 Å². The first-order valence-corrected chi connectivity index (χ1v) is 7.97. The van der Waals surface area contributed by atoms with Gasteiger partial charge in [0.2, 0.25) is 5.91 Å². The van der Waals surface area contributed by atoms with Crippen LogP contribution in [0.3, 0.4) is 0 Å². The molecule has 0 saturated carbocycles. The highest BCUT2D eigenvalue weighted by Crippen LogP contribution is 2.28. The van der Waals surface area contributed by atoms with Gasteiger partial charge in [-0.15, -0.1) is 0 Å². The van der Waals surface area contributed by atoms with E-state index in [1.54, 1.807) is 18.2 Å². The van der Waals surface area contributed by atoms with E-state index in [2.05, 4.69) is 26.3 Å². The monoisotopic (exact) mass is 395 g/mol. The number of nitrogens with zero attached hydrogens (tertiary/aromatic N) is 2. The van der Waals surface area contributed by atoms with Crippen molar-refractivity contribution >= 4 is 27.8 Å². The van der Waals surface area contributed by atoms with Crippen molar-refractivity contribution in [3.05, 3.63) is 45.7 Å². The van der Waals surface area contributed by atoms with Gasteiger partial charge in [0.1, 0.15) is 12.3 Å². The van der Waals surface area contributed by atoms with Crippen LogP contribution >= 0.6 is 15.9 Å². The Kier molecular flexibility index (Phi) is 5.61. The molecule has 0 spiro atoms. The quantitative estimate of drug-likeness (QED) is 0.781. The van der Waals surface area contributed by atoms with Crippen LogP contribution in [-0.2, 0) is 16.1 Å². The zero-order valence-electron chi connectivity index (χ0n) is 13.5. The lowest BCUT2D eigenvalue weighted by Crippen LogP contribution is -2.36. The van der Waals surface area contributed by atoms with Gasteiger partial charge in [0.05, 0.1) is 17.3 Å². The van der Waals surface area contributed by atoms with Gasteiger partial charge in [0.15, 0.2) is 6.04 Å². The summed E-state index contributed by atoms with van der Waals surface area (Å²) in [5.41, 5.74) is 2.08. The molecule has 0 fully saturated rings. The maximum absolute atomic E-state index is 12.2. The summed E-state index contributed by atoms with van der Waals surface area (Å²) < 4.78 is 7.27. The first kappa shape index (κ1) is 18.0. The van der Waals surface area contributed by atoms with E-state index >= 15 is 0 Å². The second-order valence-corrected chi connectivity index (χ2v) is 6.17. The Morgan fingerprint density at radius 3 is 2.58 bits per heavy atom. The molecule has 1 amide bonds. The first-order valence-electron chi connectivity index (χ1n) is 7.18. The number of aryl methyl sites for hydroxylation is 2. The molecule has 1 heterocycles. The van der Waals surface area contributed by atoms with Crippen LogP contribution in [0.5, 0.6) is 5.75 Å². The zero-order valence-corrected chi connectivity index (χ0v) is 15.1. The number of hydrogen-bond acceptors (Lipinski definition) is 4. The van der Waals surface area contributed by atoms with Crippen molar-refractivity contribution in [3.8, 4) is 5.75 Å². The van der Waals surface area contributed by atoms with Crippen molar-refractivity contribution < 1.29 is 19.4 Å². The van der Waals surface area contributed by atoms with Crippen molar-refractivity contribution in [1.82, 2.24) is 15.1 Å². The SMILES string of the molecule is COc1ccc(C(NC(=O)Cn2nc(C)cc2C)C(=O)O)cc1Br. The predicted octanol–water partition coefficient (Wildman–Crippen LogP) is 2.21. The molecule has 24 heavy (non-hydrogen) atoms. The Hall–Kier alpha value is -2.35. The molecule has 1 aromatic carbocycles. The fourth-order valence-electron chi connectivity index (χ4n) is 2.33. The highest BCUT2D eigenvalue weighted by atomic mass is 79.9. The van der Waals surface area contributed by atoms with Gasteiger partial charge in [-0.3, -0.25) is 9.48 Å². The number of carbonyl (C=O) groups is 2. The molecule has 7 nitrogen and oxygen atoms in total. The van der Waals surface area contributed by atoms with E-state index < -0.39 is 17.9 Å². The smallest absolute Gasteiger partial charge is 0.330 e. The summed E-state index contributed by atoms with van der Waals surface area (Å²) in [6.07, 6.45) is 0. The van der Waals surface area contributed by atoms with Gasteiger partial charge < -0.3 is 15.2 Å². The van der Waals surface area contributed by atoms with E-state index in [0.717, 1.165) is 11.4 Å². The van der Waals surface area contributed by atoms with Crippen molar-refractivity contribution in [2.75, 3.05) is 7.11 Å². The Bertz CT molecular complexity index is 773. The Balaban J connectivity index is 2.16. The maximum atomic E-state index is 12.2. The molecule has 2 N–H and O–H groups in total. The number of halogens is 1. The molecule has 128 valence electrons. The third kappa shape index (κ3) is 4.14. The molecular formula is C16H18BrN3O4. The van der Waals surface area contributed by atoms with Gasteiger partial charge in [-0.1, -0.05) is 6.07 Å². The van der Waals surface area contributed by atoms with Gasteiger partial charge in [-0.2, -0.15) is 5.10 Å². The fraction of sp³-hybridized carbons (Fsp3) is 0.312. The lowest BCUT2D eigenvalue weighted by atomic mass is 10.1. The lowest BCUT2D eigenvalue weighted by Gasteiger charge is -2.16. The Labute approximate surface area is 147 Å². The van der Waals surface area contributed by atoms with E-state index in [9.17, 15) is 14.7 Å². The van der Waals surface area contributed by atoms with Crippen molar-refractivity contribution in [2.24, 2.45) is 0 Å². The van der Waals surface area contributed by atoms with Crippen LogP contribution in [0.4, 0.5) is 0 Å². The molecule has 0 aliphatic rings. The lowest BCUT2D eigenvalue weighted by molar-refractivity contribution is -0.142. The van der Waals surface area contributed by atoms with Gasteiger partial charge in [-0.25, -0.2) is 4.79 Å². The maximum Gasteiger partial charge on any atom is 0.330 e. The number of methoxy groups -OCH3 is 1. The Morgan fingerprint density at radius 2 is 2.08 bits per heavy atom. The minimum atomic E-state index is -1.16. The number of carbonyl (C=O) groups excluding carboxylic acids is 1. The number of aromatic nitrogens is 2. The van der Waals surface area contributed by atoms with Crippen molar-refractivity contribution in [3.63, 3.8) is 0 Å². The molecule has 1 atom stereocenters. The number of amides is 1. The van der Waals surface area contributed by atoms with Gasteiger partial charge in [-0.05, 0) is 53.5 Å². The van der Waals surface area contributed by atoms with E-state index in [4.69, 9.17) is 4.74 Å². The minimum Gasteiger partial charge on any atom is -0.496 e. The number of aliphatic carboxylic acids is 1.